The lowest BCUT2D eigenvalue weighted by Gasteiger charge is -2.01. The molecule has 0 unspecified atom stereocenters. The van der Waals surface area contributed by atoms with Gasteiger partial charge in [0.05, 0.1) is 24.0 Å². The molecular weight excluding hydrogens is 344 g/mol. The van der Waals surface area contributed by atoms with E-state index in [0.717, 1.165) is 39.2 Å². The Bertz CT molecular complexity index is 1070. The Morgan fingerprint density at radius 1 is 0.923 bits per heavy atom. The highest BCUT2D eigenvalue weighted by molar-refractivity contribution is 6.30. The van der Waals surface area contributed by atoms with Crippen molar-refractivity contribution in [2.24, 2.45) is 4.99 Å². The zero-order chi connectivity index (χ0) is 17.9. The van der Waals surface area contributed by atoms with Crippen LogP contribution < -0.4 is 4.74 Å². The summed E-state index contributed by atoms with van der Waals surface area (Å²) in [6.45, 7) is 0. The summed E-state index contributed by atoms with van der Waals surface area (Å²) in [5, 5.41) is 1.77. The van der Waals surface area contributed by atoms with Crippen molar-refractivity contribution in [3.8, 4) is 17.0 Å². The molecule has 1 aromatic heterocycles. The lowest BCUT2D eigenvalue weighted by atomic mass is 10.1. The summed E-state index contributed by atoms with van der Waals surface area (Å²) in [6, 6.07) is 23.7. The van der Waals surface area contributed by atoms with Crippen LogP contribution in [0.4, 0.5) is 5.69 Å². The Hall–Kier alpha value is -3.04. The molecule has 0 atom stereocenters. The molecule has 3 aromatic carbocycles. The lowest BCUT2D eigenvalue weighted by Crippen LogP contribution is -1.85. The Kier molecular flexibility index (Phi) is 4.46. The molecule has 0 fully saturated rings. The van der Waals surface area contributed by atoms with E-state index in [0.29, 0.717) is 5.02 Å². The van der Waals surface area contributed by atoms with E-state index >= 15 is 0 Å². The van der Waals surface area contributed by atoms with Gasteiger partial charge >= 0.3 is 0 Å². The van der Waals surface area contributed by atoms with Crippen LogP contribution >= 0.6 is 11.6 Å². The third-order valence-corrected chi connectivity index (χ3v) is 4.54. The van der Waals surface area contributed by atoms with Gasteiger partial charge < -0.3 is 9.72 Å². The molecule has 4 aromatic rings. The van der Waals surface area contributed by atoms with Crippen molar-refractivity contribution >= 4 is 34.4 Å². The number of methoxy groups -OCH3 is 1. The topological polar surface area (TPSA) is 37.4 Å². The van der Waals surface area contributed by atoms with Gasteiger partial charge in [-0.05, 0) is 35.9 Å². The van der Waals surface area contributed by atoms with Crippen molar-refractivity contribution in [3.63, 3.8) is 0 Å². The number of aliphatic imine (C=N–C) groups is 1. The van der Waals surface area contributed by atoms with Crippen LogP contribution in [0.1, 0.15) is 5.56 Å². The molecule has 26 heavy (non-hydrogen) atoms. The van der Waals surface area contributed by atoms with Gasteiger partial charge in [-0.2, -0.15) is 0 Å². The predicted molar refractivity (Wildman–Crippen MR) is 109 cm³/mol. The minimum atomic E-state index is 0.700. The van der Waals surface area contributed by atoms with Gasteiger partial charge in [0.15, 0.2) is 0 Å². The SMILES string of the molecule is COc1cccc2c(C=Nc3ccc(Cl)cc3)c(-c3ccccc3)[nH]c12. The van der Waals surface area contributed by atoms with Crippen LogP contribution in [0.25, 0.3) is 22.2 Å². The molecule has 4 heteroatoms. The van der Waals surface area contributed by atoms with E-state index in [-0.39, 0.29) is 0 Å². The maximum atomic E-state index is 5.96. The number of nitrogens with zero attached hydrogens (tertiary/aromatic N) is 1. The highest BCUT2D eigenvalue weighted by Gasteiger charge is 2.14. The van der Waals surface area contributed by atoms with Crippen molar-refractivity contribution in [1.82, 2.24) is 4.98 Å². The van der Waals surface area contributed by atoms with Crippen LogP contribution in [0.5, 0.6) is 5.75 Å². The minimum Gasteiger partial charge on any atom is -0.495 e. The quantitative estimate of drug-likeness (QED) is 0.429. The first kappa shape index (κ1) is 16.4. The Morgan fingerprint density at radius 3 is 2.42 bits per heavy atom. The number of fused-ring (bicyclic) bond motifs is 1. The van der Waals surface area contributed by atoms with Gasteiger partial charge in [0.2, 0.25) is 0 Å². The smallest absolute Gasteiger partial charge is 0.142 e. The standard InChI is InChI=1S/C22H17ClN2O/c1-26-20-9-5-8-18-19(14-24-17-12-10-16(23)11-13-17)21(25-22(18)20)15-6-3-2-4-7-15/h2-14,25H,1H3. The lowest BCUT2D eigenvalue weighted by molar-refractivity contribution is 0.419. The summed E-state index contributed by atoms with van der Waals surface area (Å²) in [7, 11) is 1.68. The fourth-order valence-corrected chi connectivity index (χ4v) is 3.14. The summed E-state index contributed by atoms with van der Waals surface area (Å²) >= 11 is 5.96. The van der Waals surface area contributed by atoms with Gasteiger partial charge in [0.1, 0.15) is 5.75 Å². The third kappa shape index (κ3) is 3.09. The number of ether oxygens (including phenoxy) is 1. The molecule has 0 radical (unpaired) electrons. The number of rotatable bonds is 4. The first-order chi connectivity index (χ1) is 12.8. The molecule has 0 saturated carbocycles. The summed E-state index contributed by atoms with van der Waals surface area (Å²) in [4.78, 5) is 8.15. The molecule has 0 aliphatic heterocycles. The number of aromatic amines is 1. The molecule has 4 rings (SSSR count). The van der Waals surface area contributed by atoms with E-state index in [2.05, 4.69) is 28.2 Å². The van der Waals surface area contributed by atoms with E-state index in [9.17, 15) is 0 Å². The molecule has 0 spiro atoms. The van der Waals surface area contributed by atoms with Gasteiger partial charge in [-0.3, -0.25) is 4.99 Å². The van der Waals surface area contributed by atoms with E-state index in [4.69, 9.17) is 16.3 Å². The number of para-hydroxylation sites is 1. The van der Waals surface area contributed by atoms with E-state index in [1.165, 1.54) is 0 Å². The first-order valence-corrected chi connectivity index (χ1v) is 8.68. The van der Waals surface area contributed by atoms with Gasteiger partial charge in [-0.1, -0.05) is 54.1 Å². The third-order valence-electron chi connectivity index (χ3n) is 4.29. The number of halogens is 1. The van der Waals surface area contributed by atoms with Crippen LogP contribution in [0.2, 0.25) is 5.02 Å². The summed E-state index contributed by atoms with van der Waals surface area (Å²) in [5.41, 5.74) is 4.96. The van der Waals surface area contributed by atoms with Crippen molar-refractivity contribution in [3.05, 3.63) is 83.4 Å². The largest absolute Gasteiger partial charge is 0.495 e. The van der Waals surface area contributed by atoms with Crippen LogP contribution in [0, 0.1) is 0 Å². The van der Waals surface area contributed by atoms with Crippen LogP contribution in [0.15, 0.2) is 77.8 Å². The molecule has 0 amide bonds. The number of nitrogens with one attached hydrogen (secondary N) is 1. The van der Waals surface area contributed by atoms with Crippen molar-refractivity contribution in [2.45, 2.75) is 0 Å². The second-order valence-electron chi connectivity index (χ2n) is 5.90. The normalized spacial score (nSPS) is 11.3. The zero-order valence-corrected chi connectivity index (χ0v) is 15.0. The average Bonchev–Trinajstić information content (AvgIpc) is 3.07. The molecule has 0 aliphatic carbocycles. The number of hydrogen-bond donors (Lipinski definition) is 1. The molecule has 3 nitrogen and oxygen atoms in total. The maximum Gasteiger partial charge on any atom is 0.142 e. The van der Waals surface area contributed by atoms with Gasteiger partial charge in [-0.15, -0.1) is 0 Å². The minimum absolute atomic E-state index is 0.700. The van der Waals surface area contributed by atoms with Crippen molar-refractivity contribution in [1.29, 1.82) is 0 Å². The number of aromatic nitrogens is 1. The Balaban J connectivity index is 1.89. The van der Waals surface area contributed by atoms with Gasteiger partial charge in [-0.25, -0.2) is 0 Å². The van der Waals surface area contributed by atoms with Gasteiger partial charge in [0, 0.05) is 22.2 Å². The first-order valence-electron chi connectivity index (χ1n) is 8.30. The highest BCUT2D eigenvalue weighted by atomic mass is 35.5. The second kappa shape index (κ2) is 7.06. The van der Waals surface area contributed by atoms with Gasteiger partial charge in [0.25, 0.3) is 0 Å². The van der Waals surface area contributed by atoms with Crippen LogP contribution in [0.3, 0.4) is 0 Å². The van der Waals surface area contributed by atoms with E-state index < -0.39 is 0 Å². The maximum absolute atomic E-state index is 5.96. The molecule has 0 bridgehead atoms. The molecule has 0 aliphatic rings. The predicted octanol–water partition coefficient (Wildman–Crippen LogP) is 6.25. The summed E-state index contributed by atoms with van der Waals surface area (Å²) in [6.07, 6.45) is 1.89. The molecule has 0 saturated heterocycles. The molecule has 1 N–H and O–H groups in total. The fourth-order valence-electron chi connectivity index (χ4n) is 3.01. The van der Waals surface area contributed by atoms with E-state index in [1.54, 1.807) is 7.11 Å². The van der Waals surface area contributed by atoms with Crippen LogP contribution in [-0.4, -0.2) is 18.3 Å². The zero-order valence-electron chi connectivity index (χ0n) is 14.2. The Labute approximate surface area is 156 Å². The summed E-state index contributed by atoms with van der Waals surface area (Å²) in [5.74, 6) is 0.811. The fraction of sp³-hybridized carbons (Fsp3) is 0.0455. The monoisotopic (exact) mass is 360 g/mol. The van der Waals surface area contributed by atoms with E-state index in [1.807, 2.05) is 60.8 Å². The number of hydrogen-bond acceptors (Lipinski definition) is 2. The highest BCUT2D eigenvalue weighted by Crippen LogP contribution is 2.34. The van der Waals surface area contributed by atoms with Crippen LogP contribution in [-0.2, 0) is 0 Å². The molecule has 1 heterocycles. The molecular formula is C22H17ClN2O. The average molecular weight is 361 g/mol. The molecule has 128 valence electrons. The Morgan fingerprint density at radius 2 is 1.69 bits per heavy atom. The van der Waals surface area contributed by atoms with Crippen molar-refractivity contribution < 1.29 is 4.74 Å². The summed E-state index contributed by atoms with van der Waals surface area (Å²) < 4.78 is 5.52. The number of H-pyrrole nitrogens is 1. The second-order valence-corrected chi connectivity index (χ2v) is 6.33. The van der Waals surface area contributed by atoms with Crippen molar-refractivity contribution in [2.75, 3.05) is 7.11 Å². The number of benzene rings is 3.